The quantitative estimate of drug-likeness (QED) is 0.257. The molecule has 0 spiro atoms. The lowest BCUT2D eigenvalue weighted by molar-refractivity contribution is -0.334. The maximum atomic E-state index is 6.56. The summed E-state index contributed by atoms with van der Waals surface area (Å²) in [6, 6.07) is 23.2. The summed E-state index contributed by atoms with van der Waals surface area (Å²) in [5, 5.41) is 0. The molecule has 0 amide bonds. The molecule has 3 aromatic carbocycles. The van der Waals surface area contributed by atoms with Crippen molar-refractivity contribution in [1.29, 1.82) is 0 Å². The van der Waals surface area contributed by atoms with Crippen LogP contribution in [0.2, 0.25) is 0 Å². The molecule has 2 aliphatic rings. The fourth-order valence-corrected chi connectivity index (χ4v) is 5.05. The SMILES string of the molecule is COc1ccc(COC[C@H]2O[C@@H]3OC(C)(OC)O[C@@H]3[C@@H](OCc3ccc(OC)cc3)[C@@H]2OCc2ccc(OC)cc2)cc1. The molecule has 5 rings (SSSR count). The highest BCUT2D eigenvalue weighted by molar-refractivity contribution is 5.28. The third-order valence-electron chi connectivity index (χ3n) is 7.56. The van der Waals surface area contributed by atoms with Gasteiger partial charge in [0.15, 0.2) is 6.29 Å². The molecule has 2 fully saturated rings. The molecular formula is C33H40O10. The molecule has 0 aromatic heterocycles. The van der Waals surface area contributed by atoms with Gasteiger partial charge in [0.2, 0.25) is 0 Å². The summed E-state index contributed by atoms with van der Waals surface area (Å²) in [4.78, 5) is 0. The minimum absolute atomic E-state index is 0.234. The van der Waals surface area contributed by atoms with Crippen LogP contribution in [-0.2, 0) is 53.0 Å². The summed E-state index contributed by atoms with van der Waals surface area (Å²) in [5.74, 6) is 1.03. The molecule has 2 saturated heterocycles. The first kappa shape index (κ1) is 31.2. The Hall–Kier alpha value is -3.22. The van der Waals surface area contributed by atoms with Crippen LogP contribution in [0, 0.1) is 0 Å². The van der Waals surface area contributed by atoms with Gasteiger partial charge in [0, 0.05) is 14.0 Å². The van der Waals surface area contributed by atoms with Gasteiger partial charge in [-0.15, -0.1) is 0 Å². The summed E-state index contributed by atoms with van der Waals surface area (Å²) >= 11 is 0. The maximum Gasteiger partial charge on any atom is 0.282 e. The second-order valence-electron chi connectivity index (χ2n) is 10.4. The second-order valence-corrected chi connectivity index (χ2v) is 10.4. The molecule has 0 aliphatic carbocycles. The number of ether oxygens (including phenoxy) is 10. The molecule has 0 saturated carbocycles. The third-order valence-corrected chi connectivity index (χ3v) is 7.56. The van der Waals surface area contributed by atoms with E-state index in [2.05, 4.69) is 0 Å². The van der Waals surface area contributed by atoms with Crippen molar-refractivity contribution in [3.05, 3.63) is 89.5 Å². The summed E-state index contributed by atoms with van der Waals surface area (Å²) in [6.45, 7) is 2.95. The van der Waals surface area contributed by atoms with Crippen LogP contribution in [0.1, 0.15) is 23.6 Å². The van der Waals surface area contributed by atoms with Crippen molar-refractivity contribution in [3.8, 4) is 17.2 Å². The van der Waals surface area contributed by atoms with Gasteiger partial charge in [-0.05, 0) is 53.1 Å². The van der Waals surface area contributed by atoms with Crippen LogP contribution >= 0.6 is 0 Å². The summed E-state index contributed by atoms with van der Waals surface area (Å²) in [6.07, 6.45) is -3.00. The van der Waals surface area contributed by atoms with Crippen molar-refractivity contribution in [2.24, 2.45) is 0 Å². The Morgan fingerprint density at radius 1 is 0.605 bits per heavy atom. The highest BCUT2D eigenvalue weighted by Gasteiger charge is 2.57. The molecule has 0 N–H and O–H groups in total. The minimum Gasteiger partial charge on any atom is -0.497 e. The average Bonchev–Trinajstić information content (AvgIpc) is 3.40. The van der Waals surface area contributed by atoms with Crippen molar-refractivity contribution in [2.45, 2.75) is 63.4 Å². The van der Waals surface area contributed by atoms with Crippen LogP contribution in [0.5, 0.6) is 17.2 Å². The number of hydrogen-bond donors (Lipinski definition) is 0. The first-order valence-electron chi connectivity index (χ1n) is 14.2. The zero-order chi connectivity index (χ0) is 30.2. The molecule has 43 heavy (non-hydrogen) atoms. The van der Waals surface area contributed by atoms with E-state index in [0.717, 1.165) is 33.9 Å². The van der Waals surface area contributed by atoms with E-state index in [9.17, 15) is 0 Å². The van der Waals surface area contributed by atoms with Gasteiger partial charge < -0.3 is 42.6 Å². The fourth-order valence-electron chi connectivity index (χ4n) is 5.05. The summed E-state index contributed by atoms with van der Waals surface area (Å²) < 4.78 is 59.4. The van der Waals surface area contributed by atoms with E-state index >= 15 is 0 Å². The van der Waals surface area contributed by atoms with E-state index in [1.807, 2.05) is 72.8 Å². The Bertz CT molecular complexity index is 1270. The van der Waals surface area contributed by atoms with Gasteiger partial charge >= 0.3 is 0 Å². The molecule has 10 nitrogen and oxygen atoms in total. The van der Waals surface area contributed by atoms with E-state index in [1.54, 1.807) is 28.3 Å². The average molecular weight is 597 g/mol. The molecule has 0 bridgehead atoms. The normalized spacial score (nSPS) is 26.6. The Labute approximate surface area is 252 Å². The lowest BCUT2D eigenvalue weighted by Crippen LogP contribution is -2.59. The van der Waals surface area contributed by atoms with E-state index in [4.69, 9.17) is 47.4 Å². The minimum atomic E-state index is -1.30. The van der Waals surface area contributed by atoms with Gasteiger partial charge in [0.25, 0.3) is 5.97 Å². The van der Waals surface area contributed by atoms with Gasteiger partial charge in [-0.2, -0.15) is 0 Å². The Morgan fingerprint density at radius 2 is 1.07 bits per heavy atom. The van der Waals surface area contributed by atoms with Gasteiger partial charge in [0.1, 0.15) is 41.7 Å². The van der Waals surface area contributed by atoms with Crippen LogP contribution in [0.15, 0.2) is 72.8 Å². The second kappa shape index (κ2) is 14.5. The predicted molar refractivity (Wildman–Crippen MR) is 156 cm³/mol. The number of methoxy groups -OCH3 is 4. The van der Waals surface area contributed by atoms with Gasteiger partial charge in [-0.3, -0.25) is 4.74 Å². The largest absolute Gasteiger partial charge is 0.497 e. The lowest BCUT2D eigenvalue weighted by atomic mass is 9.98. The van der Waals surface area contributed by atoms with Gasteiger partial charge in [0.05, 0.1) is 47.8 Å². The third kappa shape index (κ3) is 7.84. The van der Waals surface area contributed by atoms with E-state index < -0.39 is 36.7 Å². The predicted octanol–water partition coefficient (Wildman–Crippen LogP) is 4.86. The fraction of sp³-hybridized carbons (Fsp3) is 0.455. The smallest absolute Gasteiger partial charge is 0.282 e. The molecule has 0 radical (unpaired) electrons. The molecule has 6 atom stereocenters. The van der Waals surface area contributed by atoms with Crippen LogP contribution in [0.25, 0.3) is 0 Å². The van der Waals surface area contributed by atoms with E-state index in [1.165, 1.54) is 7.11 Å². The van der Waals surface area contributed by atoms with Crippen LogP contribution < -0.4 is 14.2 Å². The first-order chi connectivity index (χ1) is 20.9. The molecule has 3 aromatic rings. The zero-order valence-electron chi connectivity index (χ0n) is 25.2. The van der Waals surface area contributed by atoms with Gasteiger partial charge in [-0.25, -0.2) is 0 Å². The van der Waals surface area contributed by atoms with E-state index in [-0.39, 0.29) is 6.61 Å². The monoisotopic (exact) mass is 596 g/mol. The van der Waals surface area contributed by atoms with Crippen LogP contribution in [0.4, 0.5) is 0 Å². The van der Waals surface area contributed by atoms with Crippen molar-refractivity contribution in [1.82, 2.24) is 0 Å². The highest BCUT2D eigenvalue weighted by atomic mass is 16.9. The van der Waals surface area contributed by atoms with Crippen molar-refractivity contribution in [2.75, 3.05) is 35.0 Å². The summed E-state index contributed by atoms with van der Waals surface area (Å²) in [5.41, 5.74) is 2.95. The lowest BCUT2D eigenvalue weighted by Gasteiger charge is -2.42. The van der Waals surface area contributed by atoms with Gasteiger partial charge in [-0.1, -0.05) is 36.4 Å². The Morgan fingerprint density at radius 3 is 1.53 bits per heavy atom. The number of benzene rings is 3. The van der Waals surface area contributed by atoms with Crippen molar-refractivity contribution >= 4 is 0 Å². The summed E-state index contributed by atoms with van der Waals surface area (Å²) in [7, 11) is 6.44. The maximum absolute atomic E-state index is 6.56. The van der Waals surface area contributed by atoms with Crippen LogP contribution in [-0.4, -0.2) is 71.7 Å². The zero-order valence-corrected chi connectivity index (χ0v) is 25.2. The molecule has 2 aliphatic heterocycles. The Balaban J connectivity index is 1.36. The van der Waals surface area contributed by atoms with Crippen molar-refractivity contribution < 1.29 is 47.4 Å². The Kier molecular flexibility index (Phi) is 10.5. The molecule has 10 heteroatoms. The topological polar surface area (TPSA) is 92.3 Å². The van der Waals surface area contributed by atoms with E-state index in [0.29, 0.717) is 19.8 Å². The molecule has 2 heterocycles. The molecular weight excluding hydrogens is 556 g/mol. The number of rotatable bonds is 14. The van der Waals surface area contributed by atoms with Crippen LogP contribution in [0.3, 0.4) is 0 Å². The molecule has 1 unspecified atom stereocenters. The first-order valence-corrected chi connectivity index (χ1v) is 14.2. The number of hydrogen-bond acceptors (Lipinski definition) is 10. The standard InChI is InChI=1S/C33H40O10/c1-33(37-5)42-31-30(40-20-24-10-16-27(36-4)17-11-24)29(39-19-23-8-14-26(35-3)15-9-23)28(41-32(31)43-33)21-38-18-22-6-12-25(34-2)13-7-22/h6-17,28-32H,18-21H2,1-5H3/t28-,29-,30+,31-,32-,33?/m1/s1. The number of fused-ring (bicyclic) bond motifs is 1. The molecule has 232 valence electrons. The highest BCUT2D eigenvalue weighted by Crippen LogP contribution is 2.40. The van der Waals surface area contributed by atoms with Crippen molar-refractivity contribution in [3.63, 3.8) is 0 Å².